The topological polar surface area (TPSA) is 56.7 Å². The number of pyridine rings is 1. The molecular weight excluding hydrogens is 248 g/mol. The van der Waals surface area contributed by atoms with Crippen molar-refractivity contribution >= 4 is 11.6 Å². The number of nitrogens with zero attached hydrogens (tertiary/aromatic N) is 3. The van der Waals surface area contributed by atoms with Crippen LogP contribution in [0.4, 0.5) is 0 Å². The van der Waals surface area contributed by atoms with Gasteiger partial charge in [0, 0.05) is 17.9 Å². The lowest BCUT2D eigenvalue weighted by molar-refractivity contribution is 0.600. The lowest BCUT2D eigenvalue weighted by atomic mass is 10.0. The van der Waals surface area contributed by atoms with Crippen LogP contribution in [-0.2, 0) is 6.54 Å². The highest BCUT2D eigenvalue weighted by Gasteiger charge is 2.18. The Hall–Kier alpha value is -1.39. The van der Waals surface area contributed by atoms with Crippen molar-refractivity contribution in [2.45, 2.75) is 33.4 Å². The largest absolute Gasteiger partial charge is 0.319 e. The van der Waals surface area contributed by atoms with Crippen molar-refractivity contribution in [3.8, 4) is 0 Å². The van der Waals surface area contributed by atoms with E-state index in [1.165, 1.54) is 0 Å². The summed E-state index contributed by atoms with van der Waals surface area (Å²) in [6.45, 7) is 6.69. The van der Waals surface area contributed by atoms with Gasteiger partial charge < -0.3 is 5.73 Å². The van der Waals surface area contributed by atoms with Crippen LogP contribution in [0.2, 0.25) is 5.02 Å². The minimum absolute atomic E-state index is 0.277. The zero-order valence-corrected chi connectivity index (χ0v) is 11.6. The molecule has 2 aromatic rings. The Morgan fingerprint density at radius 3 is 2.50 bits per heavy atom. The maximum atomic E-state index is 6.30. The first-order valence-corrected chi connectivity index (χ1v) is 6.32. The third-order valence-electron chi connectivity index (χ3n) is 2.89. The van der Waals surface area contributed by atoms with Crippen LogP contribution < -0.4 is 5.73 Å². The molecule has 2 aromatic heterocycles. The van der Waals surface area contributed by atoms with Gasteiger partial charge in [-0.3, -0.25) is 9.67 Å². The van der Waals surface area contributed by atoms with Gasteiger partial charge in [-0.1, -0.05) is 11.6 Å². The second-order valence-electron chi connectivity index (χ2n) is 4.35. The first kappa shape index (κ1) is 13.1. The second kappa shape index (κ2) is 5.08. The molecule has 4 nitrogen and oxygen atoms in total. The van der Waals surface area contributed by atoms with E-state index in [0.717, 1.165) is 29.2 Å². The van der Waals surface area contributed by atoms with E-state index in [1.54, 1.807) is 6.20 Å². The number of hydrogen-bond donors (Lipinski definition) is 1. The predicted molar refractivity (Wildman–Crippen MR) is 72.7 cm³/mol. The molecule has 0 fully saturated rings. The van der Waals surface area contributed by atoms with Gasteiger partial charge in [-0.25, -0.2) is 0 Å². The van der Waals surface area contributed by atoms with Crippen molar-refractivity contribution in [2.75, 3.05) is 0 Å². The zero-order valence-electron chi connectivity index (χ0n) is 10.8. The van der Waals surface area contributed by atoms with Gasteiger partial charge in [-0.05, 0) is 38.5 Å². The first-order chi connectivity index (χ1) is 8.52. The molecule has 18 heavy (non-hydrogen) atoms. The molecule has 0 aromatic carbocycles. The smallest absolute Gasteiger partial charge is 0.0837 e. The van der Waals surface area contributed by atoms with Crippen LogP contribution >= 0.6 is 11.6 Å². The molecule has 96 valence electrons. The number of aromatic nitrogens is 3. The molecule has 0 saturated carbocycles. The number of aryl methyl sites for hydroxylation is 3. The molecule has 1 atom stereocenters. The fraction of sp³-hybridized carbons (Fsp3) is 0.385. The molecule has 1 unspecified atom stereocenters. The lowest BCUT2D eigenvalue weighted by Crippen LogP contribution is -2.18. The number of rotatable bonds is 3. The highest BCUT2D eigenvalue weighted by atomic mass is 35.5. The van der Waals surface area contributed by atoms with Gasteiger partial charge in [-0.2, -0.15) is 5.10 Å². The summed E-state index contributed by atoms with van der Waals surface area (Å²) >= 11 is 6.17. The summed E-state index contributed by atoms with van der Waals surface area (Å²) in [6, 6.07) is 3.70. The molecule has 0 aliphatic heterocycles. The van der Waals surface area contributed by atoms with Gasteiger partial charge in [0.15, 0.2) is 0 Å². The molecule has 0 spiro atoms. The van der Waals surface area contributed by atoms with Crippen LogP contribution in [0.15, 0.2) is 18.3 Å². The molecule has 0 amide bonds. The number of nitrogens with two attached hydrogens (primary N) is 1. The van der Waals surface area contributed by atoms with E-state index in [1.807, 2.05) is 37.6 Å². The van der Waals surface area contributed by atoms with Crippen molar-refractivity contribution in [3.63, 3.8) is 0 Å². The Labute approximate surface area is 112 Å². The highest BCUT2D eigenvalue weighted by Crippen LogP contribution is 2.26. The van der Waals surface area contributed by atoms with Gasteiger partial charge in [0.1, 0.15) is 0 Å². The SMILES string of the molecule is CCn1ncc(Cl)c1C(N)c1cc(C)nc(C)c1. The van der Waals surface area contributed by atoms with Gasteiger partial charge in [-0.15, -0.1) is 0 Å². The summed E-state index contributed by atoms with van der Waals surface area (Å²) in [6.07, 6.45) is 1.64. The van der Waals surface area contributed by atoms with Crippen molar-refractivity contribution < 1.29 is 0 Å². The number of halogens is 1. The molecule has 0 radical (unpaired) electrons. The lowest BCUT2D eigenvalue weighted by Gasteiger charge is -2.15. The molecular formula is C13H17ClN4. The van der Waals surface area contributed by atoms with E-state index in [4.69, 9.17) is 17.3 Å². The normalized spacial score (nSPS) is 12.7. The van der Waals surface area contributed by atoms with Crippen molar-refractivity contribution in [2.24, 2.45) is 5.73 Å². The van der Waals surface area contributed by atoms with Crippen LogP contribution in [0.1, 0.15) is 35.6 Å². The summed E-state index contributed by atoms with van der Waals surface area (Å²) in [7, 11) is 0. The molecule has 5 heteroatoms. The van der Waals surface area contributed by atoms with E-state index in [0.29, 0.717) is 5.02 Å². The Morgan fingerprint density at radius 1 is 1.33 bits per heavy atom. The Kier molecular flexibility index (Phi) is 3.68. The Balaban J connectivity index is 2.47. The van der Waals surface area contributed by atoms with Crippen molar-refractivity contribution in [1.29, 1.82) is 0 Å². The van der Waals surface area contributed by atoms with Gasteiger partial charge in [0.2, 0.25) is 0 Å². The van der Waals surface area contributed by atoms with Crippen LogP contribution in [-0.4, -0.2) is 14.8 Å². The van der Waals surface area contributed by atoms with Crippen molar-refractivity contribution in [1.82, 2.24) is 14.8 Å². The minimum atomic E-state index is -0.277. The van der Waals surface area contributed by atoms with E-state index >= 15 is 0 Å². The fourth-order valence-electron chi connectivity index (χ4n) is 2.14. The molecule has 2 rings (SSSR count). The standard InChI is InChI=1S/C13H17ClN4/c1-4-18-13(11(14)7-16-18)12(15)10-5-8(2)17-9(3)6-10/h5-7,12H,4,15H2,1-3H3. The second-order valence-corrected chi connectivity index (χ2v) is 4.76. The summed E-state index contributed by atoms with van der Waals surface area (Å²) in [5.74, 6) is 0. The van der Waals surface area contributed by atoms with E-state index in [9.17, 15) is 0 Å². The van der Waals surface area contributed by atoms with E-state index < -0.39 is 0 Å². The summed E-state index contributed by atoms with van der Waals surface area (Å²) < 4.78 is 1.83. The quantitative estimate of drug-likeness (QED) is 0.927. The maximum Gasteiger partial charge on any atom is 0.0837 e. The van der Waals surface area contributed by atoms with Crippen LogP contribution in [0.3, 0.4) is 0 Å². The van der Waals surface area contributed by atoms with Crippen LogP contribution in [0.5, 0.6) is 0 Å². The summed E-state index contributed by atoms with van der Waals surface area (Å²) in [5, 5.41) is 4.82. The third kappa shape index (κ3) is 2.40. The molecule has 0 aliphatic carbocycles. The predicted octanol–water partition coefficient (Wildman–Crippen LogP) is 2.62. The average molecular weight is 265 g/mol. The number of hydrogen-bond acceptors (Lipinski definition) is 3. The molecule has 0 aliphatic rings. The third-order valence-corrected chi connectivity index (χ3v) is 3.18. The Morgan fingerprint density at radius 2 is 1.94 bits per heavy atom. The monoisotopic (exact) mass is 264 g/mol. The first-order valence-electron chi connectivity index (χ1n) is 5.95. The summed E-state index contributed by atoms with van der Waals surface area (Å²) in [5.41, 5.74) is 10.1. The zero-order chi connectivity index (χ0) is 13.3. The van der Waals surface area contributed by atoms with E-state index in [2.05, 4.69) is 10.1 Å². The maximum absolute atomic E-state index is 6.30. The van der Waals surface area contributed by atoms with Gasteiger partial charge in [0.05, 0.1) is 23.0 Å². The van der Waals surface area contributed by atoms with Crippen LogP contribution in [0.25, 0.3) is 0 Å². The van der Waals surface area contributed by atoms with E-state index in [-0.39, 0.29) is 6.04 Å². The Bertz CT molecular complexity index is 542. The molecule has 2 heterocycles. The molecule has 0 saturated heterocycles. The minimum Gasteiger partial charge on any atom is -0.319 e. The average Bonchev–Trinajstić information content (AvgIpc) is 2.68. The molecule has 0 bridgehead atoms. The van der Waals surface area contributed by atoms with Gasteiger partial charge >= 0.3 is 0 Å². The highest BCUT2D eigenvalue weighted by molar-refractivity contribution is 6.31. The van der Waals surface area contributed by atoms with Gasteiger partial charge in [0.25, 0.3) is 0 Å². The fourth-order valence-corrected chi connectivity index (χ4v) is 2.40. The summed E-state index contributed by atoms with van der Waals surface area (Å²) in [4.78, 5) is 4.35. The van der Waals surface area contributed by atoms with Crippen LogP contribution in [0, 0.1) is 13.8 Å². The molecule has 2 N–H and O–H groups in total. The van der Waals surface area contributed by atoms with Crippen molar-refractivity contribution in [3.05, 3.63) is 46.0 Å².